The summed E-state index contributed by atoms with van der Waals surface area (Å²) < 4.78 is 42.5. The molecule has 0 aromatic heterocycles. The standard InChI is InChI=1S/C17H26F3N3O/c1-21-16(22-11-4-3-5-13-24-2)23-12-10-14-6-8-15(9-7-14)17(18,19)20/h6-9H,3-5,10-13H2,1-2H3,(H2,21,22,23). The lowest BCUT2D eigenvalue weighted by Crippen LogP contribution is -2.38. The van der Waals surface area contributed by atoms with E-state index in [1.165, 1.54) is 12.1 Å². The number of nitrogens with one attached hydrogen (secondary N) is 2. The number of hydrogen-bond donors (Lipinski definition) is 2. The van der Waals surface area contributed by atoms with Crippen molar-refractivity contribution in [1.29, 1.82) is 0 Å². The van der Waals surface area contributed by atoms with Gasteiger partial charge in [0.1, 0.15) is 0 Å². The van der Waals surface area contributed by atoms with E-state index < -0.39 is 11.7 Å². The minimum absolute atomic E-state index is 0.606. The second-order valence-electron chi connectivity index (χ2n) is 5.42. The van der Waals surface area contributed by atoms with Crippen molar-refractivity contribution in [1.82, 2.24) is 10.6 Å². The molecule has 0 bridgehead atoms. The Hall–Kier alpha value is -1.76. The van der Waals surface area contributed by atoms with Gasteiger partial charge in [-0.3, -0.25) is 4.99 Å². The van der Waals surface area contributed by atoms with Crippen molar-refractivity contribution >= 4 is 5.96 Å². The van der Waals surface area contributed by atoms with E-state index in [1.54, 1.807) is 14.2 Å². The number of alkyl halides is 3. The van der Waals surface area contributed by atoms with Gasteiger partial charge in [0.15, 0.2) is 5.96 Å². The van der Waals surface area contributed by atoms with Crippen LogP contribution in [0.4, 0.5) is 13.2 Å². The van der Waals surface area contributed by atoms with Gasteiger partial charge in [-0.15, -0.1) is 0 Å². The highest BCUT2D eigenvalue weighted by molar-refractivity contribution is 5.79. The van der Waals surface area contributed by atoms with Crippen molar-refractivity contribution in [3.05, 3.63) is 35.4 Å². The van der Waals surface area contributed by atoms with Gasteiger partial charge in [0.05, 0.1) is 5.56 Å². The van der Waals surface area contributed by atoms with Crippen LogP contribution in [0.15, 0.2) is 29.3 Å². The molecule has 7 heteroatoms. The van der Waals surface area contributed by atoms with Crippen LogP contribution in [0.2, 0.25) is 0 Å². The Labute approximate surface area is 141 Å². The van der Waals surface area contributed by atoms with Gasteiger partial charge in [-0.1, -0.05) is 12.1 Å². The highest BCUT2D eigenvalue weighted by atomic mass is 19.4. The first-order valence-electron chi connectivity index (χ1n) is 8.07. The summed E-state index contributed by atoms with van der Waals surface area (Å²) in [7, 11) is 3.39. The number of guanidine groups is 1. The van der Waals surface area contributed by atoms with Gasteiger partial charge < -0.3 is 15.4 Å². The molecule has 0 aliphatic rings. The van der Waals surface area contributed by atoms with E-state index in [0.29, 0.717) is 18.9 Å². The van der Waals surface area contributed by atoms with Crippen molar-refractivity contribution in [3.63, 3.8) is 0 Å². The van der Waals surface area contributed by atoms with Crippen LogP contribution in [0.3, 0.4) is 0 Å². The lowest BCUT2D eigenvalue weighted by Gasteiger charge is -2.12. The molecule has 0 amide bonds. The maximum atomic E-state index is 12.5. The maximum Gasteiger partial charge on any atom is 0.416 e. The van der Waals surface area contributed by atoms with Crippen LogP contribution in [0.5, 0.6) is 0 Å². The molecule has 1 rings (SSSR count). The predicted octanol–water partition coefficient (Wildman–Crippen LogP) is 3.23. The van der Waals surface area contributed by atoms with Gasteiger partial charge in [0, 0.05) is 33.9 Å². The van der Waals surface area contributed by atoms with Gasteiger partial charge in [0.25, 0.3) is 0 Å². The number of unbranched alkanes of at least 4 members (excludes halogenated alkanes) is 2. The fourth-order valence-corrected chi connectivity index (χ4v) is 2.16. The number of nitrogens with zero attached hydrogens (tertiary/aromatic N) is 1. The summed E-state index contributed by atoms with van der Waals surface area (Å²) in [4.78, 5) is 4.12. The van der Waals surface area contributed by atoms with Gasteiger partial charge >= 0.3 is 6.18 Å². The van der Waals surface area contributed by atoms with E-state index in [0.717, 1.165) is 50.1 Å². The Bertz CT molecular complexity index is 487. The third-order valence-electron chi connectivity index (χ3n) is 3.53. The van der Waals surface area contributed by atoms with Crippen LogP contribution in [-0.2, 0) is 17.3 Å². The molecule has 0 saturated carbocycles. The molecule has 0 aliphatic carbocycles. The topological polar surface area (TPSA) is 45.7 Å². The van der Waals surface area contributed by atoms with Crippen molar-refractivity contribution < 1.29 is 17.9 Å². The molecule has 0 atom stereocenters. The molecule has 136 valence electrons. The molecule has 4 nitrogen and oxygen atoms in total. The fourth-order valence-electron chi connectivity index (χ4n) is 2.16. The highest BCUT2D eigenvalue weighted by Gasteiger charge is 2.29. The van der Waals surface area contributed by atoms with Crippen molar-refractivity contribution in [2.45, 2.75) is 31.9 Å². The van der Waals surface area contributed by atoms with E-state index >= 15 is 0 Å². The monoisotopic (exact) mass is 345 g/mol. The molecule has 0 unspecified atom stereocenters. The molecule has 0 saturated heterocycles. The minimum atomic E-state index is -4.29. The average Bonchev–Trinajstić information content (AvgIpc) is 2.56. The highest BCUT2D eigenvalue weighted by Crippen LogP contribution is 2.29. The molecule has 0 fully saturated rings. The largest absolute Gasteiger partial charge is 0.416 e. The number of hydrogen-bond acceptors (Lipinski definition) is 2. The lowest BCUT2D eigenvalue weighted by atomic mass is 10.1. The lowest BCUT2D eigenvalue weighted by molar-refractivity contribution is -0.137. The molecule has 0 heterocycles. The molecule has 24 heavy (non-hydrogen) atoms. The van der Waals surface area contributed by atoms with E-state index in [4.69, 9.17) is 4.74 Å². The van der Waals surface area contributed by atoms with Crippen LogP contribution in [0.1, 0.15) is 30.4 Å². The SMILES string of the molecule is CN=C(NCCCCCOC)NCCc1ccc(C(F)(F)F)cc1. The Kier molecular flexibility index (Phi) is 9.22. The number of benzene rings is 1. The first-order chi connectivity index (χ1) is 11.5. The summed E-state index contributed by atoms with van der Waals surface area (Å²) in [5.74, 6) is 0.702. The summed E-state index contributed by atoms with van der Waals surface area (Å²) in [5.41, 5.74) is 0.232. The third kappa shape index (κ3) is 8.19. The molecule has 1 aromatic rings. The second kappa shape index (κ2) is 10.9. The molecule has 0 spiro atoms. The first-order valence-corrected chi connectivity index (χ1v) is 8.07. The summed E-state index contributed by atoms with van der Waals surface area (Å²) >= 11 is 0. The number of halogens is 3. The zero-order chi connectivity index (χ0) is 17.8. The van der Waals surface area contributed by atoms with E-state index in [1.807, 2.05) is 0 Å². The van der Waals surface area contributed by atoms with Gasteiger partial charge in [0.2, 0.25) is 0 Å². The average molecular weight is 345 g/mol. The molecule has 0 aliphatic heterocycles. The summed E-state index contributed by atoms with van der Waals surface area (Å²) in [6.45, 7) is 2.21. The van der Waals surface area contributed by atoms with Crippen LogP contribution >= 0.6 is 0 Å². The molecule has 0 radical (unpaired) electrons. The summed E-state index contributed by atoms with van der Waals surface area (Å²) in [6, 6.07) is 5.25. The van der Waals surface area contributed by atoms with Crippen LogP contribution in [-0.4, -0.2) is 39.8 Å². The first kappa shape index (κ1) is 20.3. The van der Waals surface area contributed by atoms with Crippen LogP contribution < -0.4 is 10.6 Å². The fraction of sp³-hybridized carbons (Fsp3) is 0.588. The maximum absolute atomic E-state index is 12.5. The smallest absolute Gasteiger partial charge is 0.385 e. The normalized spacial score (nSPS) is 12.3. The predicted molar refractivity (Wildman–Crippen MR) is 90.2 cm³/mol. The number of rotatable bonds is 9. The van der Waals surface area contributed by atoms with Gasteiger partial charge in [-0.2, -0.15) is 13.2 Å². The third-order valence-corrected chi connectivity index (χ3v) is 3.53. The Morgan fingerprint density at radius 2 is 1.71 bits per heavy atom. The number of ether oxygens (including phenoxy) is 1. The van der Waals surface area contributed by atoms with Gasteiger partial charge in [-0.25, -0.2) is 0 Å². The molecular formula is C17H26F3N3O. The summed E-state index contributed by atoms with van der Waals surface area (Å²) in [5, 5.41) is 6.37. The van der Waals surface area contributed by atoms with Gasteiger partial charge in [-0.05, 0) is 43.4 Å². The number of methoxy groups -OCH3 is 1. The second-order valence-corrected chi connectivity index (χ2v) is 5.42. The molecular weight excluding hydrogens is 319 g/mol. The number of aliphatic imine (C=N–C) groups is 1. The van der Waals surface area contributed by atoms with Crippen molar-refractivity contribution in [3.8, 4) is 0 Å². The van der Waals surface area contributed by atoms with Crippen LogP contribution in [0, 0.1) is 0 Å². The Morgan fingerprint density at radius 3 is 2.29 bits per heavy atom. The van der Waals surface area contributed by atoms with E-state index in [-0.39, 0.29) is 0 Å². The Balaban J connectivity index is 2.24. The quantitative estimate of drug-likeness (QED) is 0.410. The zero-order valence-corrected chi connectivity index (χ0v) is 14.2. The summed E-state index contributed by atoms with van der Waals surface area (Å²) in [6.07, 6.45) is -0.497. The zero-order valence-electron chi connectivity index (χ0n) is 14.2. The van der Waals surface area contributed by atoms with E-state index in [2.05, 4.69) is 15.6 Å². The van der Waals surface area contributed by atoms with Crippen molar-refractivity contribution in [2.24, 2.45) is 4.99 Å². The molecule has 2 N–H and O–H groups in total. The minimum Gasteiger partial charge on any atom is -0.385 e. The Morgan fingerprint density at radius 1 is 1.04 bits per heavy atom. The van der Waals surface area contributed by atoms with E-state index in [9.17, 15) is 13.2 Å². The van der Waals surface area contributed by atoms with Crippen LogP contribution in [0.25, 0.3) is 0 Å². The van der Waals surface area contributed by atoms with Crippen molar-refractivity contribution in [2.75, 3.05) is 33.9 Å². The molecule has 1 aromatic carbocycles.